The van der Waals surface area contributed by atoms with Gasteiger partial charge in [-0.3, -0.25) is 0 Å². The molecule has 1 amide bonds. The molecule has 0 aliphatic carbocycles. The van der Waals surface area contributed by atoms with E-state index in [2.05, 4.69) is 5.32 Å². The molecule has 2 rings (SSSR count). The largest absolute Gasteiger partial charge is 0.496 e. The number of halogens is 1. The molecule has 1 unspecified atom stereocenters. The quantitative estimate of drug-likeness (QED) is 0.908. The van der Waals surface area contributed by atoms with Crippen LogP contribution in [0.2, 0.25) is 0 Å². The van der Waals surface area contributed by atoms with Crippen LogP contribution in [0, 0.1) is 12.7 Å². The van der Waals surface area contributed by atoms with Gasteiger partial charge in [-0.2, -0.15) is 0 Å². The van der Waals surface area contributed by atoms with E-state index >= 15 is 0 Å². The molecule has 23 heavy (non-hydrogen) atoms. The van der Waals surface area contributed by atoms with E-state index in [4.69, 9.17) is 9.47 Å². The number of nitrogens with zero attached hydrogens (tertiary/aromatic N) is 1. The summed E-state index contributed by atoms with van der Waals surface area (Å²) in [7, 11) is 1.56. The van der Waals surface area contributed by atoms with Crippen LogP contribution >= 0.6 is 0 Å². The Morgan fingerprint density at radius 3 is 2.70 bits per heavy atom. The molecule has 5 nitrogen and oxygen atoms in total. The molecule has 1 aromatic carbocycles. The second kappa shape index (κ2) is 6.74. The second-order valence-electron chi connectivity index (χ2n) is 6.78. The molecule has 0 spiro atoms. The fraction of sp³-hybridized carbons (Fsp3) is 0.588. The first kappa shape index (κ1) is 17.5. The minimum absolute atomic E-state index is 0.193. The van der Waals surface area contributed by atoms with Gasteiger partial charge in [-0.15, -0.1) is 0 Å². The molecule has 1 N–H and O–H groups in total. The Morgan fingerprint density at radius 1 is 1.39 bits per heavy atom. The Bertz CT molecular complexity index is 584. The number of hydrogen-bond acceptors (Lipinski definition) is 4. The van der Waals surface area contributed by atoms with Crippen molar-refractivity contribution in [3.8, 4) is 5.75 Å². The van der Waals surface area contributed by atoms with Gasteiger partial charge in [0, 0.05) is 25.2 Å². The van der Waals surface area contributed by atoms with E-state index < -0.39 is 5.60 Å². The minimum Gasteiger partial charge on any atom is -0.496 e. The van der Waals surface area contributed by atoms with Gasteiger partial charge in [0.25, 0.3) is 0 Å². The minimum atomic E-state index is -0.537. The van der Waals surface area contributed by atoms with Crippen LogP contribution in [0.25, 0.3) is 0 Å². The molecule has 1 aliphatic heterocycles. The third kappa shape index (κ3) is 4.34. The lowest BCUT2D eigenvalue weighted by atomic mass is 10.0. The summed E-state index contributed by atoms with van der Waals surface area (Å²) in [6.07, 6.45) is -0.351. The summed E-state index contributed by atoms with van der Waals surface area (Å²) in [6, 6.07) is 2.96. The van der Waals surface area contributed by atoms with Crippen molar-refractivity contribution in [1.82, 2.24) is 10.2 Å². The molecule has 1 heterocycles. The van der Waals surface area contributed by atoms with Crippen molar-refractivity contribution in [2.75, 3.05) is 26.7 Å². The number of amides is 1. The third-order valence-electron chi connectivity index (χ3n) is 3.71. The van der Waals surface area contributed by atoms with Crippen LogP contribution in [-0.2, 0) is 4.74 Å². The van der Waals surface area contributed by atoms with Gasteiger partial charge in [0.05, 0.1) is 13.2 Å². The Kier molecular flexibility index (Phi) is 5.14. The summed E-state index contributed by atoms with van der Waals surface area (Å²) in [5.41, 5.74) is 0.708. The number of piperazine rings is 1. The lowest BCUT2D eigenvalue weighted by Gasteiger charge is -2.35. The number of nitrogens with one attached hydrogen (secondary N) is 1. The summed E-state index contributed by atoms with van der Waals surface area (Å²) in [5, 5.41) is 3.31. The van der Waals surface area contributed by atoms with Crippen molar-refractivity contribution in [2.45, 2.75) is 39.3 Å². The summed E-state index contributed by atoms with van der Waals surface area (Å²) in [4.78, 5) is 13.9. The van der Waals surface area contributed by atoms with Crippen LogP contribution in [0.5, 0.6) is 5.75 Å². The van der Waals surface area contributed by atoms with E-state index in [-0.39, 0.29) is 18.0 Å². The number of benzene rings is 1. The molecule has 1 atom stereocenters. The van der Waals surface area contributed by atoms with Crippen molar-refractivity contribution in [3.63, 3.8) is 0 Å². The molecule has 1 saturated heterocycles. The molecule has 128 valence electrons. The lowest BCUT2D eigenvalue weighted by molar-refractivity contribution is 0.0194. The van der Waals surface area contributed by atoms with Gasteiger partial charge in [-0.1, -0.05) is 0 Å². The average Bonchev–Trinajstić information content (AvgIpc) is 2.48. The average molecular weight is 324 g/mol. The molecule has 1 aliphatic rings. The molecular weight excluding hydrogens is 299 g/mol. The fourth-order valence-electron chi connectivity index (χ4n) is 2.57. The molecule has 0 radical (unpaired) electrons. The predicted molar refractivity (Wildman–Crippen MR) is 86.2 cm³/mol. The van der Waals surface area contributed by atoms with Crippen molar-refractivity contribution in [3.05, 3.63) is 29.1 Å². The van der Waals surface area contributed by atoms with Crippen molar-refractivity contribution in [1.29, 1.82) is 0 Å². The van der Waals surface area contributed by atoms with Gasteiger partial charge in [0.15, 0.2) is 0 Å². The Morgan fingerprint density at radius 2 is 2.09 bits per heavy atom. The van der Waals surface area contributed by atoms with E-state index in [1.165, 1.54) is 6.07 Å². The maximum Gasteiger partial charge on any atom is 0.410 e. The molecule has 1 aromatic rings. The molecule has 0 aromatic heterocycles. The highest BCUT2D eigenvalue weighted by Gasteiger charge is 2.29. The van der Waals surface area contributed by atoms with E-state index in [0.717, 1.165) is 0 Å². The first-order valence-electron chi connectivity index (χ1n) is 7.76. The van der Waals surface area contributed by atoms with E-state index in [1.54, 1.807) is 25.0 Å². The van der Waals surface area contributed by atoms with E-state index in [9.17, 15) is 9.18 Å². The van der Waals surface area contributed by atoms with Gasteiger partial charge in [0.1, 0.15) is 17.2 Å². The zero-order chi connectivity index (χ0) is 17.2. The van der Waals surface area contributed by atoms with Crippen LogP contribution in [0.15, 0.2) is 12.1 Å². The summed E-state index contributed by atoms with van der Waals surface area (Å²) >= 11 is 0. The Hall–Kier alpha value is -1.82. The maximum atomic E-state index is 13.9. The number of rotatable bonds is 2. The first-order valence-corrected chi connectivity index (χ1v) is 7.76. The van der Waals surface area contributed by atoms with Crippen molar-refractivity contribution < 1.29 is 18.7 Å². The number of hydrogen-bond donors (Lipinski definition) is 1. The molecule has 0 saturated carbocycles. The normalized spacial score (nSPS) is 18.7. The lowest BCUT2D eigenvalue weighted by Crippen LogP contribution is -2.49. The van der Waals surface area contributed by atoms with Gasteiger partial charge < -0.3 is 19.7 Å². The zero-order valence-corrected chi connectivity index (χ0v) is 14.4. The predicted octanol–water partition coefficient (Wildman–Crippen LogP) is 3.02. The number of carbonyl (C=O) groups excluding carboxylic acids is 1. The van der Waals surface area contributed by atoms with Gasteiger partial charge in [-0.25, -0.2) is 9.18 Å². The Labute approximate surface area is 136 Å². The molecule has 1 fully saturated rings. The van der Waals surface area contributed by atoms with Gasteiger partial charge in [-0.05, 0) is 45.4 Å². The monoisotopic (exact) mass is 324 g/mol. The van der Waals surface area contributed by atoms with Crippen LogP contribution in [-0.4, -0.2) is 43.3 Å². The van der Waals surface area contributed by atoms with Crippen molar-refractivity contribution in [2.24, 2.45) is 0 Å². The second-order valence-corrected chi connectivity index (χ2v) is 6.78. The highest BCUT2D eigenvalue weighted by atomic mass is 19.1. The van der Waals surface area contributed by atoms with E-state index in [1.807, 2.05) is 20.8 Å². The maximum absolute atomic E-state index is 13.9. The van der Waals surface area contributed by atoms with Crippen LogP contribution in [0.4, 0.5) is 9.18 Å². The molecule has 0 bridgehead atoms. The van der Waals surface area contributed by atoms with Crippen LogP contribution in [0.1, 0.15) is 37.9 Å². The summed E-state index contributed by atoms with van der Waals surface area (Å²) in [6.45, 7) is 8.79. The smallest absolute Gasteiger partial charge is 0.410 e. The Balaban J connectivity index is 2.18. The van der Waals surface area contributed by atoms with Crippen LogP contribution in [0.3, 0.4) is 0 Å². The topological polar surface area (TPSA) is 50.8 Å². The first-order chi connectivity index (χ1) is 10.7. The number of aryl methyl sites for hydroxylation is 1. The van der Waals surface area contributed by atoms with E-state index in [0.29, 0.717) is 36.5 Å². The van der Waals surface area contributed by atoms with Crippen LogP contribution < -0.4 is 10.1 Å². The van der Waals surface area contributed by atoms with Gasteiger partial charge >= 0.3 is 6.09 Å². The number of methoxy groups -OCH3 is 1. The molecular formula is C17H25FN2O3. The number of ether oxygens (including phenoxy) is 2. The number of carbonyl (C=O) groups is 1. The van der Waals surface area contributed by atoms with Crippen molar-refractivity contribution >= 4 is 6.09 Å². The SMILES string of the molecule is COc1cc(C)c(F)cc1C1CN(C(=O)OC(C)(C)C)CCN1. The standard InChI is InChI=1S/C17H25FN2O3/c1-11-8-15(22-5)12(9-13(11)18)14-10-20(7-6-19-14)16(21)23-17(2,3)4/h8-9,14,19H,6-7,10H2,1-5H3. The molecule has 6 heteroatoms. The highest BCUT2D eigenvalue weighted by Crippen LogP contribution is 2.30. The summed E-state index contributed by atoms with van der Waals surface area (Å²) in [5.74, 6) is 0.337. The summed E-state index contributed by atoms with van der Waals surface area (Å²) < 4.78 is 24.7. The fourth-order valence-corrected chi connectivity index (χ4v) is 2.57. The third-order valence-corrected chi connectivity index (χ3v) is 3.71. The zero-order valence-electron chi connectivity index (χ0n) is 14.4. The highest BCUT2D eigenvalue weighted by molar-refractivity contribution is 5.68. The van der Waals surface area contributed by atoms with Gasteiger partial charge in [0.2, 0.25) is 0 Å².